The summed E-state index contributed by atoms with van der Waals surface area (Å²) in [6, 6.07) is 6.24. The van der Waals surface area contributed by atoms with Crippen molar-refractivity contribution in [1.82, 2.24) is 5.32 Å². The fourth-order valence-corrected chi connectivity index (χ4v) is 3.78. The zero-order chi connectivity index (χ0) is 13.7. The molecule has 2 bridgehead atoms. The van der Waals surface area contributed by atoms with E-state index in [1.54, 1.807) is 12.1 Å². The molecule has 0 aromatic heterocycles. The topological polar surface area (TPSA) is 12.0 Å². The van der Waals surface area contributed by atoms with Gasteiger partial charge in [-0.25, -0.2) is 0 Å². The van der Waals surface area contributed by atoms with E-state index in [4.69, 9.17) is 0 Å². The molecule has 104 valence electrons. The van der Waals surface area contributed by atoms with Gasteiger partial charge in [0.2, 0.25) is 0 Å². The molecule has 2 aliphatic rings. The monoisotopic (exact) mass is 269 g/mol. The Morgan fingerprint density at radius 2 is 1.89 bits per heavy atom. The lowest BCUT2D eigenvalue weighted by Crippen LogP contribution is -2.46. The van der Waals surface area contributed by atoms with Gasteiger partial charge < -0.3 is 5.32 Å². The van der Waals surface area contributed by atoms with E-state index in [0.29, 0.717) is 12.0 Å². The highest BCUT2D eigenvalue weighted by Crippen LogP contribution is 2.45. The Labute approximate surface area is 111 Å². The van der Waals surface area contributed by atoms with Crippen LogP contribution in [-0.2, 0) is 11.7 Å². The van der Waals surface area contributed by atoms with E-state index in [1.165, 1.54) is 18.6 Å². The Hall–Kier alpha value is -1.03. The minimum atomic E-state index is -4.25. The van der Waals surface area contributed by atoms with E-state index in [2.05, 4.69) is 12.2 Å². The largest absolute Gasteiger partial charge is 0.416 e. The van der Waals surface area contributed by atoms with Crippen molar-refractivity contribution in [3.63, 3.8) is 0 Å². The molecule has 0 radical (unpaired) electrons. The van der Waals surface area contributed by atoms with Crippen LogP contribution in [0, 0.1) is 5.92 Å². The highest BCUT2D eigenvalue weighted by molar-refractivity contribution is 5.32. The summed E-state index contributed by atoms with van der Waals surface area (Å²) in [5, 5.41) is 3.63. The standard InChI is InChI=1S/C15H18F3N/c1-10-8-13-6-7-14(9-10,19-13)11-2-4-12(5-3-11)15(16,17)18/h2-5,10,13,19H,6-9H2,1H3/t10?,13-,14+/m1/s1. The van der Waals surface area contributed by atoms with E-state index in [0.717, 1.165) is 24.8 Å². The molecule has 1 nitrogen and oxygen atoms in total. The zero-order valence-electron chi connectivity index (χ0n) is 10.9. The first-order valence-corrected chi connectivity index (χ1v) is 6.84. The maximum absolute atomic E-state index is 12.6. The second kappa shape index (κ2) is 4.23. The number of benzene rings is 1. The van der Waals surface area contributed by atoms with E-state index in [1.807, 2.05) is 0 Å². The molecule has 2 heterocycles. The van der Waals surface area contributed by atoms with Crippen LogP contribution in [0.15, 0.2) is 24.3 Å². The fraction of sp³-hybridized carbons (Fsp3) is 0.600. The van der Waals surface area contributed by atoms with Crippen LogP contribution in [0.1, 0.15) is 43.7 Å². The van der Waals surface area contributed by atoms with E-state index >= 15 is 0 Å². The first-order valence-electron chi connectivity index (χ1n) is 6.84. The van der Waals surface area contributed by atoms with Gasteiger partial charge in [-0.1, -0.05) is 19.1 Å². The molecule has 3 atom stereocenters. The van der Waals surface area contributed by atoms with E-state index in [9.17, 15) is 13.2 Å². The van der Waals surface area contributed by atoms with Crippen molar-refractivity contribution < 1.29 is 13.2 Å². The van der Waals surface area contributed by atoms with Crippen LogP contribution in [0.25, 0.3) is 0 Å². The first-order chi connectivity index (χ1) is 8.89. The maximum Gasteiger partial charge on any atom is 0.416 e. The molecule has 1 unspecified atom stereocenters. The fourth-order valence-electron chi connectivity index (χ4n) is 3.78. The number of fused-ring (bicyclic) bond motifs is 2. The minimum Gasteiger partial charge on any atom is -0.305 e. The number of piperidine rings is 1. The second-order valence-electron chi connectivity index (χ2n) is 6.08. The minimum absolute atomic E-state index is 0.0908. The lowest BCUT2D eigenvalue weighted by Gasteiger charge is -2.38. The predicted molar refractivity (Wildman–Crippen MR) is 67.7 cm³/mol. The first kappa shape index (κ1) is 13.0. The average Bonchev–Trinajstić information content (AvgIpc) is 2.65. The lowest BCUT2D eigenvalue weighted by atomic mass is 9.79. The van der Waals surface area contributed by atoms with Crippen LogP contribution in [0.2, 0.25) is 0 Å². The normalized spacial score (nSPS) is 34.5. The van der Waals surface area contributed by atoms with Gasteiger partial charge in [0.05, 0.1) is 5.56 Å². The van der Waals surface area contributed by atoms with Crippen molar-refractivity contribution in [3.05, 3.63) is 35.4 Å². The number of nitrogens with one attached hydrogen (secondary N) is 1. The molecule has 1 N–H and O–H groups in total. The molecular formula is C15H18F3N. The number of hydrogen-bond acceptors (Lipinski definition) is 1. The number of halogens is 3. The third-order valence-electron chi connectivity index (χ3n) is 4.55. The quantitative estimate of drug-likeness (QED) is 0.810. The van der Waals surface area contributed by atoms with Crippen LogP contribution in [0.3, 0.4) is 0 Å². The van der Waals surface area contributed by atoms with Gasteiger partial charge in [-0.15, -0.1) is 0 Å². The van der Waals surface area contributed by atoms with Crippen molar-refractivity contribution in [2.24, 2.45) is 5.92 Å². The molecular weight excluding hydrogens is 251 g/mol. The summed E-state index contributed by atoms with van der Waals surface area (Å²) >= 11 is 0. The molecule has 3 rings (SSSR count). The van der Waals surface area contributed by atoms with Gasteiger partial charge in [0.25, 0.3) is 0 Å². The molecule has 4 heteroatoms. The molecule has 0 aliphatic carbocycles. The third-order valence-corrected chi connectivity index (χ3v) is 4.55. The molecule has 0 spiro atoms. The van der Waals surface area contributed by atoms with Crippen molar-refractivity contribution >= 4 is 0 Å². The molecule has 19 heavy (non-hydrogen) atoms. The molecule has 2 saturated heterocycles. The van der Waals surface area contributed by atoms with Crippen molar-refractivity contribution in [2.45, 2.75) is 50.4 Å². The predicted octanol–water partition coefficient (Wildman–Crippen LogP) is 4.08. The third kappa shape index (κ3) is 2.27. The molecule has 0 amide bonds. The number of rotatable bonds is 1. The Kier molecular flexibility index (Phi) is 2.89. The smallest absolute Gasteiger partial charge is 0.305 e. The maximum atomic E-state index is 12.6. The van der Waals surface area contributed by atoms with Crippen LogP contribution >= 0.6 is 0 Å². The second-order valence-corrected chi connectivity index (χ2v) is 6.08. The summed E-state index contributed by atoms with van der Waals surface area (Å²) in [6.07, 6.45) is 0.123. The molecule has 1 aromatic carbocycles. The molecule has 1 aromatic rings. The summed E-state index contributed by atoms with van der Waals surface area (Å²) in [5.41, 5.74) is 0.354. The summed E-state index contributed by atoms with van der Waals surface area (Å²) in [4.78, 5) is 0. The number of alkyl halides is 3. The summed E-state index contributed by atoms with van der Waals surface area (Å²) in [6.45, 7) is 2.23. The zero-order valence-corrected chi connectivity index (χ0v) is 10.9. The molecule has 0 saturated carbocycles. The highest BCUT2D eigenvalue weighted by Gasteiger charge is 2.45. The molecule has 2 aliphatic heterocycles. The van der Waals surface area contributed by atoms with Crippen molar-refractivity contribution in [3.8, 4) is 0 Å². The Morgan fingerprint density at radius 3 is 2.53 bits per heavy atom. The van der Waals surface area contributed by atoms with Gasteiger partial charge in [0.1, 0.15) is 0 Å². The van der Waals surface area contributed by atoms with Crippen molar-refractivity contribution in [2.75, 3.05) is 0 Å². The van der Waals surface area contributed by atoms with E-state index < -0.39 is 11.7 Å². The number of hydrogen-bond donors (Lipinski definition) is 1. The van der Waals surface area contributed by atoms with E-state index in [-0.39, 0.29) is 5.54 Å². The van der Waals surface area contributed by atoms with Gasteiger partial charge in [-0.2, -0.15) is 13.2 Å². The van der Waals surface area contributed by atoms with Crippen LogP contribution in [-0.4, -0.2) is 6.04 Å². The SMILES string of the molecule is CC1C[C@H]2CC[C@@](c3ccc(C(F)(F)F)cc3)(C1)N2. The summed E-state index contributed by atoms with van der Waals surface area (Å²) in [5.74, 6) is 0.635. The van der Waals surface area contributed by atoms with Gasteiger partial charge in [-0.3, -0.25) is 0 Å². The van der Waals surface area contributed by atoms with Gasteiger partial charge in [-0.05, 0) is 49.3 Å². The van der Waals surface area contributed by atoms with Gasteiger partial charge in [0, 0.05) is 11.6 Å². The van der Waals surface area contributed by atoms with Crippen LogP contribution < -0.4 is 5.32 Å². The molecule has 2 fully saturated rings. The highest BCUT2D eigenvalue weighted by atomic mass is 19.4. The Balaban J connectivity index is 1.90. The summed E-state index contributed by atoms with van der Waals surface area (Å²) in [7, 11) is 0. The Bertz CT molecular complexity index is 465. The Morgan fingerprint density at radius 1 is 1.21 bits per heavy atom. The van der Waals surface area contributed by atoms with Crippen LogP contribution in [0.5, 0.6) is 0 Å². The summed E-state index contributed by atoms with van der Waals surface area (Å²) < 4.78 is 37.8. The van der Waals surface area contributed by atoms with Crippen LogP contribution in [0.4, 0.5) is 13.2 Å². The van der Waals surface area contributed by atoms with Crippen molar-refractivity contribution in [1.29, 1.82) is 0 Å². The van der Waals surface area contributed by atoms with Gasteiger partial charge >= 0.3 is 6.18 Å². The average molecular weight is 269 g/mol. The lowest BCUT2D eigenvalue weighted by molar-refractivity contribution is -0.137. The van der Waals surface area contributed by atoms with Gasteiger partial charge in [0.15, 0.2) is 0 Å².